The molecule has 0 bridgehead atoms. The Kier molecular flexibility index (Phi) is 4.12. The fourth-order valence-electron chi connectivity index (χ4n) is 1.19. The van der Waals surface area contributed by atoms with Gasteiger partial charge in [0, 0.05) is 6.54 Å². The number of furan rings is 1. The van der Waals surface area contributed by atoms with E-state index in [1.54, 1.807) is 13.0 Å². The molecule has 15 heavy (non-hydrogen) atoms. The molecule has 0 atom stereocenters. The Labute approximate surface area is 88.9 Å². The zero-order chi connectivity index (χ0) is 11.3. The number of methoxy groups -OCH3 is 1. The van der Waals surface area contributed by atoms with Crippen LogP contribution in [0.5, 0.6) is 0 Å². The number of carbonyl (C=O) groups is 1. The molecule has 0 aromatic carbocycles. The molecule has 0 unspecified atom stereocenters. The molecule has 0 aliphatic carbocycles. The first kappa shape index (κ1) is 11.5. The predicted molar refractivity (Wildman–Crippen MR) is 57.7 cm³/mol. The molecule has 0 amide bonds. The molecular weight excluding hydrogens is 194 g/mol. The summed E-state index contributed by atoms with van der Waals surface area (Å²) in [5.74, 6) is 0.860. The van der Waals surface area contributed by atoms with Crippen molar-refractivity contribution >= 4 is 12.0 Å². The summed E-state index contributed by atoms with van der Waals surface area (Å²) in [5, 5.41) is 2.97. The van der Waals surface area contributed by atoms with Crippen molar-refractivity contribution in [1.29, 1.82) is 0 Å². The minimum absolute atomic E-state index is 0.371. The van der Waals surface area contributed by atoms with Crippen LogP contribution >= 0.6 is 0 Å². The molecule has 82 valence electrons. The lowest BCUT2D eigenvalue weighted by atomic mass is 10.2. The number of hydrogen-bond donors (Lipinski definition) is 1. The maximum atomic E-state index is 11.3. The minimum atomic E-state index is -0.371. The summed E-state index contributed by atoms with van der Waals surface area (Å²) >= 11 is 0. The highest BCUT2D eigenvalue weighted by atomic mass is 16.5. The van der Waals surface area contributed by atoms with Crippen molar-refractivity contribution in [2.24, 2.45) is 0 Å². The minimum Gasteiger partial charge on any atom is -0.465 e. The van der Waals surface area contributed by atoms with E-state index in [1.807, 2.05) is 19.2 Å². The van der Waals surface area contributed by atoms with Crippen LogP contribution in [0.15, 0.2) is 16.6 Å². The fourth-order valence-corrected chi connectivity index (χ4v) is 1.19. The third-order valence-electron chi connectivity index (χ3n) is 1.95. The van der Waals surface area contributed by atoms with Gasteiger partial charge in [-0.1, -0.05) is 6.08 Å². The van der Waals surface area contributed by atoms with E-state index < -0.39 is 0 Å². The number of nitrogens with one attached hydrogen (secondary N) is 1. The lowest BCUT2D eigenvalue weighted by Crippen LogP contribution is -2.03. The van der Waals surface area contributed by atoms with Crippen LogP contribution in [0.25, 0.3) is 6.08 Å². The van der Waals surface area contributed by atoms with Crippen LogP contribution < -0.4 is 5.32 Å². The second-order valence-electron chi connectivity index (χ2n) is 3.07. The van der Waals surface area contributed by atoms with Crippen molar-refractivity contribution in [3.8, 4) is 0 Å². The molecule has 0 aliphatic rings. The van der Waals surface area contributed by atoms with Gasteiger partial charge in [-0.25, -0.2) is 4.79 Å². The number of esters is 1. The van der Waals surface area contributed by atoms with Crippen molar-refractivity contribution in [3.05, 3.63) is 29.2 Å². The lowest BCUT2D eigenvalue weighted by molar-refractivity contribution is 0.0599. The Bertz CT molecular complexity index is 366. The fraction of sp³-hybridized carbons (Fsp3) is 0.364. The number of likely N-dealkylation sites (N-methyl/N-ethyl adjacent to an activating group) is 1. The van der Waals surface area contributed by atoms with Gasteiger partial charge < -0.3 is 14.5 Å². The van der Waals surface area contributed by atoms with Gasteiger partial charge in [-0.05, 0) is 26.1 Å². The molecule has 4 heteroatoms. The van der Waals surface area contributed by atoms with E-state index in [4.69, 9.17) is 4.42 Å². The van der Waals surface area contributed by atoms with Crippen LogP contribution in [-0.4, -0.2) is 26.7 Å². The first-order chi connectivity index (χ1) is 7.19. The van der Waals surface area contributed by atoms with Gasteiger partial charge in [0.25, 0.3) is 0 Å². The topological polar surface area (TPSA) is 51.5 Å². The second kappa shape index (κ2) is 5.36. The Morgan fingerprint density at radius 2 is 2.40 bits per heavy atom. The van der Waals surface area contributed by atoms with Gasteiger partial charge >= 0.3 is 5.97 Å². The number of aryl methyl sites for hydroxylation is 1. The average Bonchev–Trinajstić information content (AvgIpc) is 2.59. The van der Waals surface area contributed by atoms with Gasteiger partial charge in [-0.15, -0.1) is 0 Å². The first-order valence-corrected chi connectivity index (χ1v) is 4.69. The molecule has 1 aromatic rings. The van der Waals surface area contributed by atoms with E-state index >= 15 is 0 Å². The van der Waals surface area contributed by atoms with Crippen molar-refractivity contribution in [2.45, 2.75) is 6.92 Å². The highest BCUT2D eigenvalue weighted by Gasteiger charge is 2.13. The van der Waals surface area contributed by atoms with Gasteiger partial charge in [0.15, 0.2) is 0 Å². The van der Waals surface area contributed by atoms with Crippen LogP contribution in [0.3, 0.4) is 0 Å². The van der Waals surface area contributed by atoms with Crippen LogP contribution in [0.4, 0.5) is 0 Å². The summed E-state index contributed by atoms with van der Waals surface area (Å²) < 4.78 is 9.99. The number of rotatable bonds is 4. The van der Waals surface area contributed by atoms with Crippen LogP contribution in [0, 0.1) is 6.92 Å². The molecule has 0 spiro atoms. The number of ether oxygens (including phenoxy) is 1. The van der Waals surface area contributed by atoms with Crippen LogP contribution in [0.1, 0.15) is 21.9 Å². The van der Waals surface area contributed by atoms with Crippen molar-refractivity contribution < 1.29 is 13.9 Å². The molecule has 0 fully saturated rings. The van der Waals surface area contributed by atoms with Gasteiger partial charge in [-0.2, -0.15) is 0 Å². The molecule has 0 radical (unpaired) electrons. The molecular formula is C11H15NO3. The summed E-state index contributed by atoms with van der Waals surface area (Å²) in [7, 11) is 3.21. The molecule has 1 N–H and O–H groups in total. The molecule has 0 saturated carbocycles. The monoisotopic (exact) mass is 209 g/mol. The van der Waals surface area contributed by atoms with E-state index in [2.05, 4.69) is 10.1 Å². The zero-order valence-electron chi connectivity index (χ0n) is 9.16. The van der Waals surface area contributed by atoms with E-state index in [0.29, 0.717) is 17.1 Å². The molecule has 4 nitrogen and oxygen atoms in total. The van der Waals surface area contributed by atoms with Gasteiger partial charge in [0.2, 0.25) is 0 Å². The zero-order valence-corrected chi connectivity index (χ0v) is 9.16. The molecule has 1 heterocycles. The number of carbonyl (C=O) groups excluding carboxylic acids is 1. The summed E-state index contributed by atoms with van der Waals surface area (Å²) in [6.07, 6.45) is 3.73. The predicted octanol–water partition coefficient (Wildman–Crippen LogP) is 1.61. The maximum absolute atomic E-state index is 11.3. The average molecular weight is 209 g/mol. The smallest absolute Gasteiger partial charge is 0.341 e. The van der Waals surface area contributed by atoms with E-state index in [-0.39, 0.29) is 5.97 Å². The second-order valence-corrected chi connectivity index (χ2v) is 3.07. The van der Waals surface area contributed by atoms with Gasteiger partial charge in [-0.3, -0.25) is 0 Å². The van der Waals surface area contributed by atoms with Crippen LogP contribution in [-0.2, 0) is 4.74 Å². The highest BCUT2D eigenvalue weighted by Crippen LogP contribution is 2.16. The third kappa shape index (κ3) is 2.95. The molecule has 1 rings (SSSR count). The normalized spacial score (nSPS) is 10.9. The summed E-state index contributed by atoms with van der Waals surface area (Å²) in [4.78, 5) is 11.3. The lowest BCUT2D eigenvalue weighted by Gasteiger charge is -1.93. The van der Waals surface area contributed by atoms with Gasteiger partial charge in [0.05, 0.1) is 7.11 Å². The Balaban J connectivity index is 2.81. The molecule has 0 aliphatic heterocycles. The Hall–Kier alpha value is -1.55. The quantitative estimate of drug-likeness (QED) is 0.765. The standard InChI is InChI=1S/C11H15NO3/c1-8-10(11(13)14-3)7-9(15-8)5-4-6-12-2/h4-5,7,12H,6H2,1-3H3. The van der Waals surface area contributed by atoms with Crippen molar-refractivity contribution in [2.75, 3.05) is 20.7 Å². The summed E-state index contributed by atoms with van der Waals surface area (Å²) in [6.45, 7) is 2.50. The largest absolute Gasteiger partial charge is 0.465 e. The number of hydrogen-bond acceptors (Lipinski definition) is 4. The first-order valence-electron chi connectivity index (χ1n) is 4.69. The van der Waals surface area contributed by atoms with E-state index in [0.717, 1.165) is 6.54 Å². The van der Waals surface area contributed by atoms with E-state index in [9.17, 15) is 4.79 Å². The van der Waals surface area contributed by atoms with E-state index in [1.165, 1.54) is 7.11 Å². The molecule has 0 saturated heterocycles. The third-order valence-corrected chi connectivity index (χ3v) is 1.95. The Morgan fingerprint density at radius 3 is 3.00 bits per heavy atom. The Morgan fingerprint density at radius 1 is 1.67 bits per heavy atom. The molecule has 1 aromatic heterocycles. The summed E-state index contributed by atoms with van der Waals surface area (Å²) in [5.41, 5.74) is 0.474. The highest BCUT2D eigenvalue weighted by molar-refractivity contribution is 5.90. The van der Waals surface area contributed by atoms with Gasteiger partial charge in [0.1, 0.15) is 17.1 Å². The van der Waals surface area contributed by atoms with Crippen molar-refractivity contribution in [3.63, 3.8) is 0 Å². The summed E-state index contributed by atoms with van der Waals surface area (Å²) in [6, 6.07) is 1.67. The SMILES string of the molecule is CNCC=Cc1cc(C(=O)OC)c(C)o1. The van der Waals surface area contributed by atoms with Crippen molar-refractivity contribution in [1.82, 2.24) is 5.32 Å². The maximum Gasteiger partial charge on any atom is 0.341 e. The van der Waals surface area contributed by atoms with Crippen LogP contribution in [0.2, 0.25) is 0 Å².